The zero-order valence-electron chi connectivity index (χ0n) is 28.7. The Kier molecular flexibility index (Phi) is 15.0. The molecule has 0 saturated carbocycles. The Labute approximate surface area is 309 Å². The SMILES string of the molecule is CCC/C=C/[N+](=C\C(NCCN)=C(/C)N)C/C=C/C1=C(C(=O)O)N2C(=O)[C@@H](NC(=O)/C(=N\OC(C)(C)C(=O)O)C3=C(Cl)SC(N)=CC=C3)C2SC1. The Morgan fingerprint density at radius 3 is 2.63 bits per heavy atom. The number of nitrogens with one attached hydrogen (secondary N) is 2. The number of thioether (sulfide) groups is 2. The summed E-state index contributed by atoms with van der Waals surface area (Å²) in [4.78, 5) is 57.6. The summed E-state index contributed by atoms with van der Waals surface area (Å²) < 4.78 is 1.95. The molecule has 15 nitrogen and oxygen atoms in total. The lowest BCUT2D eigenvalue weighted by molar-refractivity contribution is -0.440. The Balaban J connectivity index is 1.87. The number of oxime groups is 1. The molecule has 51 heavy (non-hydrogen) atoms. The number of rotatable bonds is 17. The zero-order chi connectivity index (χ0) is 37.9. The van der Waals surface area contributed by atoms with Gasteiger partial charge in [-0.1, -0.05) is 60.1 Å². The molecule has 1 fully saturated rings. The first kappa shape index (κ1) is 41.0. The zero-order valence-corrected chi connectivity index (χ0v) is 31.1. The van der Waals surface area contributed by atoms with Crippen LogP contribution in [0.25, 0.3) is 0 Å². The molecule has 3 rings (SSSR count). The molecular formula is C33H44ClN8O7S2+. The normalized spacial score (nSPS) is 20.5. The second-order valence-corrected chi connectivity index (χ2v) is 14.6. The lowest BCUT2D eigenvalue weighted by atomic mass is 10.0. The molecule has 0 aromatic rings. The second-order valence-electron chi connectivity index (χ2n) is 11.8. The standard InChI is InChI=1S/C33H43ClN8O7S2/c1-5-6-7-15-41(17-22(19(2)36)38-14-13-35)16-9-10-20-18-50-30-25(29(44)42(30)26(20)31(45)46)39-28(43)24(40-49-33(3,4)32(47)48)21-11-8-12-23(37)51-27(21)34/h7-12,15,17,25,30,36,38H,5-6,13-14,16,18,35,37H2,1-4H3,(H3,39,43,45,46,47,48)/p+1/b10-9+,15-7+,40-24-/t25-,30?/m1/s1. The van der Waals surface area contributed by atoms with Gasteiger partial charge in [-0.2, -0.15) is 4.58 Å². The maximum Gasteiger partial charge on any atom is 0.352 e. The molecule has 0 radical (unpaired) electrons. The van der Waals surface area contributed by atoms with Crippen LogP contribution in [0.2, 0.25) is 0 Å². The lowest BCUT2D eigenvalue weighted by Gasteiger charge is -2.49. The first-order valence-corrected chi connectivity index (χ1v) is 18.1. The van der Waals surface area contributed by atoms with E-state index >= 15 is 0 Å². The van der Waals surface area contributed by atoms with Crippen molar-refractivity contribution in [2.24, 2.45) is 22.4 Å². The van der Waals surface area contributed by atoms with Crippen LogP contribution in [-0.2, 0) is 24.0 Å². The van der Waals surface area contributed by atoms with Gasteiger partial charge in [0.2, 0.25) is 5.60 Å². The van der Waals surface area contributed by atoms with Crippen molar-refractivity contribution in [2.75, 3.05) is 25.4 Å². The van der Waals surface area contributed by atoms with Crippen molar-refractivity contribution in [3.05, 3.63) is 80.3 Å². The van der Waals surface area contributed by atoms with E-state index in [2.05, 4.69) is 22.7 Å². The molecule has 10 N–H and O–H groups in total. The van der Waals surface area contributed by atoms with Crippen molar-refractivity contribution in [3.63, 3.8) is 0 Å². The van der Waals surface area contributed by atoms with E-state index in [0.717, 1.165) is 29.5 Å². The summed E-state index contributed by atoms with van der Waals surface area (Å²) >= 11 is 8.65. The number of carboxylic acid groups (broad SMARTS) is 2. The molecule has 276 valence electrons. The fourth-order valence-electron chi connectivity index (χ4n) is 4.57. The number of nitrogens with two attached hydrogens (primary N) is 3. The van der Waals surface area contributed by atoms with Crippen molar-refractivity contribution in [1.82, 2.24) is 15.5 Å². The van der Waals surface area contributed by atoms with Crippen LogP contribution in [-0.4, -0.2) is 97.8 Å². The topological polar surface area (TPSA) is 239 Å². The van der Waals surface area contributed by atoms with Crippen molar-refractivity contribution < 1.29 is 38.8 Å². The predicted molar refractivity (Wildman–Crippen MR) is 200 cm³/mol. The van der Waals surface area contributed by atoms with Gasteiger partial charge < -0.3 is 42.9 Å². The average Bonchev–Trinajstić information content (AvgIpc) is 3.23. The van der Waals surface area contributed by atoms with Crippen LogP contribution >= 0.6 is 35.1 Å². The molecule has 0 aromatic carbocycles. The minimum absolute atomic E-state index is 0.0542. The predicted octanol–water partition coefficient (Wildman–Crippen LogP) is 2.21. The highest BCUT2D eigenvalue weighted by atomic mass is 35.5. The quantitative estimate of drug-likeness (QED) is 0.0488. The van der Waals surface area contributed by atoms with E-state index in [4.69, 9.17) is 33.6 Å². The van der Waals surface area contributed by atoms with Crippen LogP contribution in [0.1, 0.15) is 40.5 Å². The molecule has 0 bridgehead atoms. The number of hydrogen-bond acceptors (Lipinski definition) is 12. The van der Waals surface area contributed by atoms with E-state index in [1.54, 1.807) is 25.2 Å². The number of hydrogen-bond donors (Lipinski definition) is 7. The van der Waals surface area contributed by atoms with E-state index in [1.807, 2.05) is 23.1 Å². The number of nitrogens with zero attached hydrogens (tertiary/aromatic N) is 3. The number of unbranched alkanes of at least 4 members (excludes halogenated alkanes) is 1. The fraction of sp³-hybridized carbons (Fsp3) is 0.394. The number of carbonyl (C=O) groups is 4. The highest BCUT2D eigenvalue weighted by molar-refractivity contribution is 8.08. The van der Waals surface area contributed by atoms with Gasteiger partial charge in [0.25, 0.3) is 11.8 Å². The van der Waals surface area contributed by atoms with Gasteiger partial charge in [-0.15, -0.1) is 11.8 Å². The molecule has 1 unspecified atom stereocenters. The molecule has 0 aromatic heterocycles. The number of fused-ring (bicyclic) bond motifs is 1. The summed E-state index contributed by atoms with van der Waals surface area (Å²) in [6.07, 6.45) is 15.6. The molecule has 0 aliphatic carbocycles. The second kappa shape index (κ2) is 18.7. The van der Waals surface area contributed by atoms with E-state index in [1.165, 1.54) is 37.8 Å². The third-order valence-corrected chi connectivity index (χ3v) is 9.86. The fourth-order valence-corrected chi connectivity index (χ4v) is 6.94. The Morgan fingerprint density at radius 2 is 2.00 bits per heavy atom. The number of allylic oxidation sites excluding steroid dienone is 7. The smallest absolute Gasteiger partial charge is 0.352 e. The van der Waals surface area contributed by atoms with E-state index in [9.17, 15) is 29.4 Å². The van der Waals surface area contributed by atoms with Crippen LogP contribution in [0.5, 0.6) is 0 Å². The first-order valence-electron chi connectivity index (χ1n) is 15.9. The molecular weight excluding hydrogens is 720 g/mol. The number of halogens is 1. The molecule has 2 amide bonds. The van der Waals surface area contributed by atoms with E-state index in [0.29, 0.717) is 41.6 Å². The van der Waals surface area contributed by atoms with Crippen molar-refractivity contribution in [3.8, 4) is 0 Å². The van der Waals surface area contributed by atoms with Crippen molar-refractivity contribution in [1.29, 1.82) is 0 Å². The summed E-state index contributed by atoms with van der Waals surface area (Å²) in [6.45, 7) is 7.65. The minimum atomic E-state index is -1.81. The van der Waals surface area contributed by atoms with Gasteiger partial charge in [-0.25, -0.2) is 9.59 Å². The van der Waals surface area contributed by atoms with Gasteiger partial charge in [-0.05, 0) is 51.0 Å². The van der Waals surface area contributed by atoms with Crippen LogP contribution in [0, 0.1) is 0 Å². The Morgan fingerprint density at radius 1 is 1.27 bits per heavy atom. The number of β-lactam (4-membered cyclic amide) rings is 1. The van der Waals surface area contributed by atoms with Gasteiger partial charge in [0.1, 0.15) is 22.8 Å². The Bertz CT molecular complexity index is 1690. The molecule has 3 heterocycles. The minimum Gasteiger partial charge on any atom is -0.478 e. The molecule has 3 aliphatic rings. The highest BCUT2D eigenvalue weighted by Gasteiger charge is 2.54. The molecule has 0 spiro atoms. The van der Waals surface area contributed by atoms with Gasteiger partial charge in [0.05, 0.1) is 9.39 Å². The molecule has 3 aliphatic heterocycles. The monoisotopic (exact) mass is 763 g/mol. The van der Waals surface area contributed by atoms with E-state index < -0.39 is 46.5 Å². The van der Waals surface area contributed by atoms with Crippen LogP contribution in [0.4, 0.5) is 0 Å². The van der Waals surface area contributed by atoms with Gasteiger partial charge in [0, 0.05) is 30.1 Å². The summed E-state index contributed by atoms with van der Waals surface area (Å²) in [5.74, 6) is -3.95. The molecule has 2 atom stereocenters. The van der Waals surface area contributed by atoms with Crippen LogP contribution in [0.15, 0.2) is 85.4 Å². The van der Waals surface area contributed by atoms with Gasteiger partial charge in [0.15, 0.2) is 24.7 Å². The van der Waals surface area contributed by atoms with E-state index in [-0.39, 0.29) is 21.4 Å². The number of carboxylic acids is 2. The first-order chi connectivity index (χ1) is 24.1. The third kappa shape index (κ3) is 10.8. The van der Waals surface area contributed by atoms with Crippen LogP contribution < -0.4 is 27.8 Å². The largest absolute Gasteiger partial charge is 0.478 e. The number of aliphatic carboxylic acids is 2. The average molecular weight is 764 g/mol. The number of amides is 2. The number of carbonyl (C=O) groups excluding carboxylic acids is 2. The van der Waals surface area contributed by atoms with Crippen molar-refractivity contribution >= 4 is 70.8 Å². The summed E-state index contributed by atoms with van der Waals surface area (Å²) in [7, 11) is 0. The van der Waals surface area contributed by atoms with Crippen molar-refractivity contribution in [2.45, 2.75) is 57.6 Å². The molecule has 18 heteroatoms. The maximum atomic E-state index is 13.6. The summed E-state index contributed by atoms with van der Waals surface area (Å²) in [5.41, 5.74) is 17.0. The summed E-state index contributed by atoms with van der Waals surface area (Å²) in [6, 6.07) is -1.12. The third-order valence-electron chi connectivity index (χ3n) is 7.35. The maximum absolute atomic E-state index is 13.6. The van der Waals surface area contributed by atoms with Gasteiger partial charge >= 0.3 is 11.9 Å². The van der Waals surface area contributed by atoms with Crippen LogP contribution in [0.3, 0.4) is 0 Å². The molecule has 1 saturated heterocycles. The Hall–Kier alpha value is -4.45. The highest BCUT2D eigenvalue weighted by Crippen LogP contribution is 2.41. The lowest BCUT2D eigenvalue weighted by Crippen LogP contribution is -2.71. The summed E-state index contributed by atoms with van der Waals surface area (Å²) in [5, 5.41) is 28.9. The van der Waals surface area contributed by atoms with Gasteiger partial charge in [-0.3, -0.25) is 14.5 Å².